The summed E-state index contributed by atoms with van der Waals surface area (Å²) >= 11 is 0. The van der Waals surface area contributed by atoms with Crippen LogP contribution >= 0.6 is 15.6 Å². The van der Waals surface area contributed by atoms with Crippen molar-refractivity contribution in [3.8, 4) is 0 Å². The molecule has 3 N–H and O–H groups in total. The van der Waals surface area contributed by atoms with Crippen molar-refractivity contribution in [2.24, 2.45) is 0 Å². The summed E-state index contributed by atoms with van der Waals surface area (Å²) in [6.07, 6.45) is 4.21. The van der Waals surface area contributed by atoms with Crippen molar-refractivity contribution in [3.63, 3.8) is 0 Å². The first-order valence-electron chi connectivity index (χ1n) is 3.65. The standard InChI is InChI=1S/C5H10N2O5P2/c8-13(9)5(14(10,11)12)3-7-2-1-6-4-7/h1-2,4-5,13H,3H2,(H,8,9)(H2,10,11,12). The Kier molecular flexibility index (Phi) is 3.64. The number of rotatable bonds is 4. The number of aromatic nitrogens is 2. The van der Waals surface area contributed by atoms with E-state index in [4.69, 9.17) is 14.7 Å². The maximum Gasteiger partial charge on any atom is 0.339 e. The Morgan fingerprint density at radius 1 is 1.57 bits per heavy atom. The van der Waals surface area contributed by atoms with Gasteiger partial charge in [-0.15, -0.1) is 0 Å². The second kappa shape index (κ2) is 4.38. The van der Waals surface area contributed by atoms with Crippen LogP contribution in [-0.4, -0.2) is 29.6 Å². The van der Waals surface area contributed by atoms with Crippen LogP contribution in [-0.2, 0) is 15.7 Å². The Bertz CT molecular complexity index is 358. The molecule has 0 aromatic carbocycles. The molecule has 9 heteroatoms. The fourth-order valence-electron chi connectivity index (χ4n) is 0.923. The van der Waals surface area contributed by atoms with Gasteiger partial charge in [0.1, 0.15) is 0 Å². The maximum atomic E-state index is 10.8. The summed E-state index contributed by atoms with van der Waals surface area (Å²) < 4.78 is 22.9. The van der Waals surface area contributed by atoms with Crippen LogP contribution in [0.15, 0.2) is 18.7 Å². The summed E-state index contributed by atoms with van der Waals surface area (Å²) in [5.41, 5.74) is 0. The first kappa shape index (κ1) is 11.6. The fourth-order valence-corrected chi connectivity index (χ4v) is 2.84. The third kappa shape index (κ3) is 3.04. The van der Waals surface area contributed by atoms with E-state index >= 15 is 0 Å². The third-order valence-electron chi connectivity index (χ3n) is 1.63. The molecule has 7 nitrogen and oxygen atoms in total. The van der Waals surface area contributed by atoms with Gasteiger partial charge in [-0.25, -0.2) is 4.98 Å². The second-order valence-corrected chi connectivity index (χ2v) is 6.36. The van der Waals surface area contributed by atoms with E-state index in [1.54, 1.807) is 0 Å². The predicted octanol–water partition coefficient (Wildman–Crippen LogP) is -0.146. The van der Waals surface area contributed by atoms with Gasteiger partial charge in [-0.05, 0) is 0 Å². The van der Waals surface area contributed by atoms with Gasteiger partial charge in [0.2, 0.25) is 8.03 Å². The molecule has 0 bridgehead atoms. The average Bonchev–Trinajstić information content (AvgIpc) is 2.48. The summed E-state index contributed by atoms with van der Waals surface area (Å²) in [5, 5.41) is -1.54. The number of imidazole rings is 1. The monoisotopic (exact) mass is 240 g/mol. The van der Waals surface area contributed by atoms with Crippen molar-refractivity contribution < 1.29 is 23.8 Å². The van der Waals surface area contributed by atoms with Gasteiger partial charge in [0.25, 0.3) is 0 Å². The molecular formula is C5H10N2O5P2. The van der Waals surface area contributed by atoms with Crippen LogP contribution in [0.5, 0.6) is 0 Å². The Morgan fingerprint density at radius 2 is 2.21 bits per heavy atom. The zero-order chi connectivity index (χ0) is 10.8. The summed E-state index contributed by atoms with van der Waals surface area (Å²) in [6, 6.07) is 0. The van der Waals surface area contributed by atoms with E-state index in [-0.39, 0.29) is 6.54 Å². The van der Waals surface area contributed by atoms with Crippen LogP contribution in [0.1, 0.15) is 0 Å². The lowest BCUT2D eigenvalue weighted by Crippen LogP contribution is -2.12. The highest BCUT2D eigenvalue weighted by Gasteiger charge is 2.33. The zero-order valence-corrected chi connectivity index (χ0v) is 8.91. The molecule has 0 saturated heterocycles. The minimum Gasteiger partial charge on any atom is -0.346 e. The summed E-state index contributed by atoms with van der Waals surface area (Å²) in [6.45, 7) is -0.210. The third-order valence-corrected chi connectivity index (χ3v) is 5.03. The van der Waals surface area contributed by atoms with Crippen LogP contribution in [0.4, 0.5) is 0 Å². The highest BCUT2D eigenvalue weighted by Crippen LogP contribution is 2.52. The van der Waals surface area contributed by atoms with Gasteiger partial charge in [0, 0.05) is 18.9 Å². The SMILES string of the molecule is O=[PH](O)C(Cn1ccnc1)P(=O)(O)O. The fraction of sp³-hybridized carbons (Fsp3) is 0.400. The minimum absolute atomic E-state index is 0.210. The van der Waals surface area contributed by atoms with E-state index in [1.165, 1.54) is 23.3 Å². The maximum absolute atomic E-state index is 10.8. The molecule has 80 valence electrons. The van der Waals surface area contributed by atoms with E-state index < -0.39 is 21.0 Å². The van der Waals surface area contributed by atoms with Crippen LogP contribution in [0.2, 0.25) is 0 Å². The molecule has 0 fully saturated rings. The smallest absolute Gasteiger partial charge is 0.339 e. The lowest BCUT2D eigenvalue weighted by Gasteiger charge is -2.15. The minimum atomic E-state index is -4.54. The highest BCUT2D eigenvalue weighted by molar-refractivity contribution is 7.65. The van der Waals surface area contributed by atoms with Gasteiger partial charge in [-0.1, -0.05) is 0 Å². The van der Waals surface area contributed by atoms with E-state index in [0.29, 0.717) is 0 Å². The average molecular weight is 240 g/mol. The molecule has 1 rings (SSSR count). The van der Waals surface area contributed by atoms with Gasteiger partial charge in [-0.2, -0.15) is 0 Å². The van der Waals surface area contributed by atoms with Crippen molar-refractivity contribution in [2.75, 3.05) is 0 Å². The largest absolute Gasteiger partial charge is 0.346 e. The molecule has 1 heterocycles. The molecule has 1 aromatic rings. The van der Waals surface area contributed by atoms with Gasteiger partial charge in [-0.3, -0.25) is 9.13 Å². The summed E-state index contributed by atoms with van der Waals surface area (Å²) in [4.78, 5) is 30.0. The second-order valence-electron chi connectivity index (χ2n) is 2.70. The number of hydrogen-bond donors (Lipinski definition) is 3. The zero-order valence-electron chi connectivity index (χ0n) is 7.02. The lowest BCUT2D eigenvalue weighted by atomic mass is 10.7. The van der Waals surface area contributed by atoms with Crippen LogP contribution in [0.3, 0.4) is 0 Å². The topological polar surface area (TPSA) is 113 Å². The van der Waals surface area contributed by atoms with Crippen molar-refractivity contribution >= 4 is 15.6 Å². The molecule has 1 aromatic heterocycles. The quantitative estimate of drug-likeness (QED) is 0.631. The molecule has 0 radical (unpaired) electrons. The molecule has 0 saturated carbocycles. The summed E-state index contributed by atoms with van der Waals surface area (Å²) in [7, 11) is -7.81. The summed E-state index contributed by atoms with van der Waals surface area (Å²) in [5.74, 6) is 0. The van der Waals surface area contributed by atoms with Crippen LogP contribution < -0.4 is 0 Å². The Balaban J connectivity index is 2.82. The van der Waals surface area contributed by atoms with Crippen molar-refractivity contribution in [3.05, 3.63) is 18.7 Å². The molecule has 0 aliphatic rings. The normalized spacial score (nSPS) is 16.5. The lowest BCUT2D eigenvalue weighted by molar-refractivity contribution is 0.360. The van der Waals surface area contributed by atoms with Gasteiger partial charge in [0.05, 0.1) is 6.33 Å². The first-order valence-corrected chi connectivity index (χ1v) is 6.76. The van der Waals surface area contributed by atoms with Crippen LogP contribution in [0, 0.1) is 0 Å². The molecule has 2 atom stereocenters. The van der Waals surface area contributed by atoms with E-state index in [1.807, 2.05) is 0 Å². The Morgan fingerprint density at radius 3 is 2.57 bits per heavy atom. The highest BCUT2D eigenvalue weighted by atomic mass is 31.2. The van der Waals surface area contributed by atoms with Crippen LogP contribution in [0.25, 0.3) is 0 Å². The van der Waals surface area contributed by atoms with E-state index in [9.17, 15) is 9.13 Å². The van der Waals surface area contributed by atoms with Crippen molar-refractivity contribution in [1.29, 1.82) is 0 Å². The first-order chi connectivity index (χ1) is 6.41. The van der Waals surface area contributed by atoms with Gasteiger partial charge < -0.3 is 19.2 Å². The number of hydrogen-bond acceptors (Lipinski definition) is 3. The Hall–Kier alpha value is -0.450. The molecule has 0 aliphatic heterocycles. The molecular weight excluding hydrogens is 230 g/mol. The molecule has 2 unspecified atom stereocenters. The van der Waals surface area contributed by atoms with E-state index in [2.05, 4.69) is 4.98 Å². The van der Waals surface area contributed by atoms with Gasteiger partial charge in [0.15, 0.2) is 5.40 Å². The van der Waals surface area contributed by atoms with Crippen molar-refractivity contribution in [1.82, 2.24) is 9.55 Å². The predicted molar refractivity (Wildman–Crippen MR) is 49.3 cm³/mol. The van der Waals surface area contributed by atoms with E-state index in [0.717, 1.165) is 0 Å². The molecule has 0 amide bonds. The number of nitrogens with zero attached hydrogens (tertiary/aromatic N) is 2. The molecule has 0 spiro atoms. The Labute approximate surface area is 80.4 Å². The molecule has 0 aliphatic carbocycles. The van der Waals surface area contributed by atoms with Crippen molar-refractivity contribution in [2.45, 2.75) is 11.9 Å². The van der Waals surface area contributed by atoms with Gasteiger partial charge >= 0.3 is 7.60 Å². The molecule has 14 heavy (non-hydrogen) atoms.